The number of fused-ring (bicyclic) bond motifs is 1. The van der Waals surface area contributed by atoms with Crippen LogP contribution in [0.15, 0.2) is 11.1 Å². The molecular formula is C11H13N3O3S. The summed E-state index contributed by atoms with van der Waals surface area (Å²) in [6, 6.07) is -0.326. The summed E-state index contributed by atoms with van der Waals surface area (Å²) >= 11 is 1.17. The van der Waals surface area contributed by atoms with E-state index in [1.165, 1.54) is 17.7 Å². The van der Waals surface area contributed by atoms with Gasteiger partial charge in [0, 0.05) is 6.04 Å². The second-order valence-corrected chi connectivity index (χ2v) is 5.02. The molecule has 0 saturated heterocycles. The first-order chi connectivity index (χ1) is 8.54. The van der Waals surface area contributed by atoms with Gasteiger partial charge in [0.2, 0.25) is 0 Å². The van der Waals surface area contributed by atoms with Crippen LogP contribution in [0.3, 0.4) is 0 Å². The average molecular weight is 267 g/mol. The molecule has 0 fully saturated rings. The van der Waals surface area contributed by atoms with Gasteiger partial charge < -0.3 is 15.4 Å². The predicted molar refractivity (Wildman–Crippen MR) is 69.0 cm³/mol. The zero-order valence-electron chi connectivity index (χ0n) is 9.98. The zero-order valence-corrected chi connectivity index (χ0v) is 10.8. The largest absolute Gasteiger partial charge is 0.394 e. The second kappa shape index (κ2) is 4.87. The lowest BCUT2D eigenvalue weighted by Gasteiger charge is -2.09. The van der Waals surface area contributed by atoms with Crippen molar-refractivity contribution in [3.63, 3.8) is 0 Å². The molecule has 6 nitrogen and oxygen atoms in total. The highest BCUT2D eigenvalue weighted by Crippen LogP contribution is 2.26. The molecule has 3 N–H and O–H groups in total. The minimum atomic E-state index is -0.326. The summed E-state index contributed by atoms with van der Waals surface area (Å²) in [5.74, 6) is -0.295. The fourth-order valence-corrected chi connectivity index (χ4v) is 2.68. The molecule has 0 bridgehead atoms. The topological polar surface area (TPSA) is 95.1 Å². The summed E-state index contributed by atoms with van der Waals surface area (Å²) < 4.78 is 0. The van der Waals surface area contributed by atoms with E-state index in [2.05, 4.69) is 15.3 Å². The molecule has 2 aromatic heterocycles. The molecule has 2 aromatic rings. The maximum absolute atomic E-state index is 12.0. The van der Waals surface area contributed by atoms with Crippen LogP contribution in [0.1, 0.15) is 22.2 Å². The van der Waals surface area contributed by atoms with Gasteiger partial charge in [0.15, 0.2) is 0 Å². The highest BCUT2D eigenvalue weighted by Gasteiger charge is 2.19. The Kier molecular flexibility index (Phi) is 3.44. The number of H-pyrrole nitrogens is 1. The Labute approximate surface area is 107 Å². The van der Waals surface area contributed by atoms with E-state index in [4.69, 9.17) is 5.11 Å². The molecule has 0 aliphatic rings. The maximum Gasteiger partial charge on any atom is 0.262 e. The summed E-state index contributed by atoms with van der Waals surface area (Å²) in [5, 5.41) is 12.0. The Balaban J connectivity index is 2.47. The minimum Gasteiger partial charge on any atom is -0.394 e. The number of nitrogens with zero attached hydrogens (tertiary/aromatic N) is 1. The fourth-order valence-electron chi connectivity index (χ4n) is 1.63. The molecule has 18 heavy (non-hydrogen) atoms. The Bertz CT molecular complexity index is 647. The first-order valence-electron chi connectivity index (χ1n) is 5.43. The Morgan fingerprint density at radius 1 is 1.67 bits per heavy atom. The third-order valence-electron chi connectivity index (χ3n) is 2.59. The summed E-state index contributed by atoms with van der Waals surface area (Å²) in [7, 11) is 0. The molecule has 96 valence electrons. The number of aliphatic hydroxyl groups excluding tert-OH is 1. The van der Waals surface area contributed by atoms with Crippen LogP contribution in [0.25, 0.3) is 10.2 Å². The van der Waals surface area contributed by atoms with Gasteiger partial charge in [-0.15, -0.1) is 11.3 Å². The van der Waals surface area contributed by atoms with Gasteiger partial charge in [0.1, 0.15) is 4.83 Å². The van der Waals surface area contributed by atoms with E-state index >= 15 is 0 Å². The van der Waals surface area contributed by atoms with Crippen molar-refractivity contribution in [3.05, 3.63) is 27.1 Å². The number of hydrogen-bond acceptors (Lipinski definition) is 5. The first-order valence-corrected chi connectivity index (χ1v) is 6.24. The van der Waals surface area contributed by atoms with Crippen LogP contribution in [0, 0.1) is 6.92 Å². The number of thiophene rings is 1. The number of amides is 1. The smallest absolute Gasteiger partial charge is 0.262 e. The van der Waals surface area contributed by atoms with Crippen LogP contribution in [0.4, 0.5) is 0 Å². The molecule has 0 aromatic carbocycles. The average Bonchev–Trinajstić information content (AvgIpc) is 2.68. The molecular weight excluding hydrogens is 254 g/mol. The van der Waals surface area contributed by atoms with Crippen molar-refractivity contribution in [3.8, 4) is 0 Å². The molecule has 7 heteroatoms. The molecule has 0 saturated carbocycles. The van der Waals surface area contributed by atoms with Crippen molar-refractivity contribution in [2.75, 3.05) is 6.61 Å². The van der Waals surface area contributed by atoms with Gasteiger partial charge in [0.05, 0.1) is 23.2 Å². The summed E-state index contributed by atoms with van der Waals surface area (Å²) in [6.45, 7) is 3.29. The molecule has 0 radical (unpaired) electrons. The summed E-state index contributed by atoms with van der Waals surface area (Å²) in [6.07, 6.45) is 1.32. The Morgan fingerprint density at radius 2 is 2.39 bits per heavy atom. The van der Waals surface area contributed by atoms with Crippen molar-refractivity contribution in [1.82, 2.24) is 15.3 Å². The summed E-state index contributed by atoms with van der Waals surface area (Å²) in [4.78, 5) is 31.1. The van der Waals surface area contributed by atoms with E-state index in [9.17, 15) is 9.59 Å². The first kappa shape index (κ1) is 12.7. The predicted octanol–water partition coefficient (Wildman–Crippen LogP) is 0.404. The third kappa shape index (κ3) is 2.14. The van der Waals surface area contributed by atoms with E-state index in [-0.39, 0.29) is 24.1 Å². The van der Waals surface area contributed by atoms with Crippen LogP contribution >= 0.6 is 11.3 Å². The van der Waals surface area contributed by atoms with Gasteiger partial charge in [-0.3, -0.25) is 9.59 Å². The highest BCUT2D eigenvalue weighted by atomic mass is 32.1. The molecule has 0 aliphatic carbocycles. The number of hydrogen-bond donors (Lipinski definition) is 3. The molecule has 0 aliphatic heterocycles. The van der Waals surface area contributed by atoms with E-state index in [0.29, 0.717) is 20.7 Å². The van der Waals surface area contributed by atoms with Gasteiger partial charge in [0.25, 0.3) is 11.5 Å². The second-order valence-electron chi connectivity index (χ2n) is 4.03. The highest BCUT2D eigenvalue weighted by molar-refractivity contribution is 7.20. The molecule has 2 heterocycles. The standard InChI is InChI=1S/C11H13N3O3S/c1-5(3-15)14-10(17)8-6(2)7-9(16)12-4-13-11(7)18-8/h4-5,15H,3H2,1-2H3,(H,14,17)(H,12,13,16)/t5-/m1/s1. The fraction of sp³-hybridized carbons (Fsp3) is 0.364. The molecule has 1 amide bonds. The van der Waals surface area contributed by atoms with Crippen molar-refractivity contribution >= 4 is 27.5 Å². The van der Waals surface area contributed by atoms with E-state index in [1.54, 1.807) is 13.8 Å². The van der Waals surface area contributed by atoms with Gasteiger partial charge in [-0.25, -0.2) is 4.98 Å². The molecule has 0 unspecified atom stereocenters. The van der Waals surface area contributed by atoms with Crippen LogP contribution < -0.4 is 10.9 Å². The zero-order chi connectivity index (χ0) is 13.3. The third-order valence-corrected chi connectivity index (χ3v) is 3.79. The number of rotatable bonds is 3. The summed E-state index contributed by atoms with van der Waals surface area (Å²) in [5.41, 5.74) is 0.370. The quantitative estimate of drug-likeness (QED) is 0.750. The SMILES string of the molecule is Cc1c(C(=O)N[C@H](C)CO)sc2nc[nH]c(=O)c12. The van der Waals surface area contributed by atoms with Gasteiger partial charge in [-0.05, 0) is 19.4 Å². The van der Waals surface area contributed by atoms with Gasteiger partial charge in [-0.1, -0.05) is 0 Å². The van der Waals surface area contributed by atoms with Crippen molar-refractivity contribution in [2.24, 2.45) is 0 Å². The number of aromatic nitrogens is 2. The number of nitrogens with one attached hydrogen (secondary N) is 2. The number of carbonyl (C=O) groups excluding carboxylic acids is 1. The van der Waals surface area contributed by atoms with Crippen LogP contribution in [0.5, 0.6) is 0 Å². The number of aryl methyl sites for hydroxylation is 1. The van der Waals surface area contributed by atoms with Gasteiger partial charge >= 0.3 is 0 Å². The number of aromatic amines is 1. The monoisotopic (exact) mass is 267 g/mol. The number of carbonyl (C=O) groups is 1. The van der Waals surface area contributed by atoms with Crippen LogP contribution in [-0.4, -0.2) is 33.6 Å². The Morgan fingerprint density at radius 3 is 3.00 bits per heavy atom. The Hall–Kier alpha value is -1.73. The minimum absolute atomic E-state index is 0.130. The molecule has 1 atom stereocenters. The number of aliphatic hydroxyl groups is 1. The maximum atomic E-state index is 12.0. The van der Waals surface area contributed by atoms with Crippen molar-refractivity contribution in [1.29, 1.82) is 0 Å². The lowest BCUT2D eigenvalue weighted by molar-refractivity contribution is 0.0926. The molecule has 0 spiro atoms. The lowest BCUT2D eigenvalue weighted by Crippen LogP contribution is -2.34. The van der Waals surface area contributed by atoms with Crippen LogP contribution in [0.2, 0.25) is 0 Å². The molecule has 2 rings (SSSR count). The van der Waals surface area contributed by atoms with Gasteiger partial charge in [-0.2, -0.15) is 0 Å². The van der Waals surface area contributed by atoms with E-state index in [0.717, 1.165) is 0 Å². The van der Waals surface area contributed by atoms with Crippen molar-refractivity contribution in [2.45, 2.75) is 19.9 Å². The lowest BCUT2D eigenvalue weighted by atomic mass is 10.2. The van der Waals surface area contributed by atoms with E-state index < -0.39 is 0 Å². The van der Waals surface area contributed by atoms with Crippen molar-refractivity contribution < 1.29 is 9.90 Å². The van der Waals surface area contributed by atoms with Crippen LogP contribution in [-0.2, 0) is 0 Å². The van der Waals surface area contributed by atoms with E-state index in [1.807, 2.05) is 0 Å². The normalized spacial score (nSPS) is 12.6.